The van der Waals surface area contributed by atoms with Gasteiger partial charge in [-0.05, 0) is 71.0 Å². The van der Waals surface area contributed by atoms with Crippen LogP contribution in [0.25, 0.3) is 33.0 Å². The molecule has 0 fully saturated rings. The predicted octanol–water partition coefficient (Wildman–Crippen LogP) is 3.98. The zero-order valence-electron chi connectivity index (χ0n) is 21.3. The van der Waals surface area contributed by atoms with Crippen molar-refractivity contribution in [3.05, 3.63) is 90.4 Å². The van der Waals surface area contributed by atoms with Crippen LogP contribution < -0.4 is 20.3 Å². The molecule has 5 aromatic rings. The lowest BCUT2D eigenvalue weighted by Gasteiger charge is -2.14. The van der Waals surface area contributed by atoms with E-state index in [4.69, 9.17) is 9.47 Å². The summed E-state index contributed by atoms with van der Waals surface area (Å²) in [4.78, 5) is 4.20. The van der Waals surface area contributed by atoms with Gasteiger partial charge in [0, 0.05) is 41.3 Å². The number of aryl methyl sites for hydroxylation is 1. The number of pyridine rings is 1. The molecule has 8 nitrogen and oxygen atoms in total. The lowest BCUT2D eigenvalue weighted by molar-refractivity contribution is 0.391. The molecule has 0 unspecified atom stereocenters. The first-order valence-corrected chi connectivity index (χ1v) is 12.1. The largest absolute Gasteiger partial charge is 0.497 e. The van der Waals surface area contributed by atoms with Crippen LogP contribution in [0.1, 0.15) is 11.3 Å². The van der Waals surface area contributed by atoms with Gasteiger partial charge in [0.25, 0.3) is 0 Å². The van der Waals surface area contributed by atoms with Crippen molar-refractivity contribution in [2.24, 2.45) is 0 Å². The number of fused-ring (bicyclic) bond motifs is 1. The molecule has 0 aliphatic carbocycles. The number of nitrogens with zero attached hydrogens (tertiary/aromatic N) is 3. The Kier molecular flexibility index (Phi) is 7.21. The van der Waals surface area contributed by atoms with Crippen molar-refractivity contribution in [1.29, 1.82) is 0 Å². The SMILES string of the molecule is COc1ccc(CNc2nnc(C)c3cc(-c4cc(B(O)O)cc(-c5cccnc5)c4)ccc23)c(OC)c1. The number of hydrogen-bond donors (Lipinski definition) is 3. The van der Waals surface area contributed by atoms with Crippen molar-refractivity contribution in [1.82, 2.24) is 15.2 Å². The van der Waals surface area contributed by atoms with E-state index >= 15 is 0 Å². The van der Waals surface area contributed by atoms with Crippen molar-refractivity contribution in [3.8, 4) is 33.8 Å². The maximum Gasteiger partial charge on any atom is 0.488 e. The number of nitrogens with one attached hydrogen (secondary N) is 1. The summed E-state index contributed by atoms with van der Waals surface area (Å²) in [5, 5.41) is 33.9. The van der Waals surface area contributed by atoms with Crippen molar-refractivity contribution in [2.45, 2.75) is 13.5 Å². The molecule has 3 N–H and O–H groups in total. The molecule has 0 saturated heterocycles. The van der Waals surface area contributed by atoms with Crippen LogP contribution in [0, 0.1) is 6.92 Å². The summed E-state index contributed by atoms with van der Waals surface area (Å²) in [6, 6.07) is 21.1. The maximum absolute atomic E-state index is 9.94. The summed E-state index contributed by atoms with van der Waals surface area (Å²) in [5.41, 5.74) is 5.66. The second-order valence-corrected chi connectivity index (χ2v) is 8.88. The number of rotatable bonds is 8. The molecular weight excluding hydrogens is 479 g/mol. The molecule has 3 aromatic carbocycles. The number of anilines is 1. The predicted molar refractivity (Wildman–Crippen MR) is 150 cm³/mol. The van der Waals surface area contributed by atoms with E-state index in [1.54, 1.807) is 38.7 Å². The first kappa shape index (κ1) is 25.2. The van der Waals surface area contributed by atoms with Crippen LogP contribution >= 0.6 is 0 Å². The molecule has 0 aliphatic rings. The Hall–Kier alpha value is -4.47. The third-order valence-corrected chi connectivity index (χ3v) is 6.49. The lowest BCUT2D eigenvalue weighted by atomic mass is 9.77. The van der Waals surface area contributed by atoms with E-state index in [0.717, 1.165) is 55.8 Å². The highest BCUT2D eigenvalue weighted by Crippen LogP contribution is 2.32. The summed E-state index contributed by atoms with van der Waals surface area (Å²) in [6.45, 7) is 2.41. The van der Waals surface area contributed by atoms with Crippen LogP contribution in [0.3, 0.4) is 0 Å². The van der Waals surface area contributed by atoms with Crippen LogP contribution in [-0.2, 0) is 6.54 Å². The fourth-order valence-corrected chi connectivity index (χ4v) is 4.44. The van der Waals surface area contributed by atoms with Crippen molar-refractivity contribution < 1.29 is 19.5 Å². The smallest absolute Gasteiger partial charge is 0.488 e. The van der Waals surface area contributed by atoms with Crippen LogP contribution in [-0.4, -0.2) is 46.6 Å². The molecular formula is C29H27BN4O4. The van der Waals surface area contributed by atoms with E-state index in [1.165, 1.54) is 0 Å². The van der Waals surface area contributed by atoms with Gasteiger partial charge in [-0.15, -0.1) is 5.10 Å². The van der Waals surface area contributed by atoms with Crippen molar-refractivity contribution in [3.63, 3.8) is 0 Å². The molecule has 0 saturated carbocycles. The van der Waals surface area contributed by atoms with Crippen LogP contribution in [0.2, 0.25) is 0 Å². The third-order valence-electron chi connectivity index (χ3n) is 6.49. The topological polar surface area (TPSA) is 110 Å². The van der Waals surface area contributed by atoms with Gasteiger partial charge < -0.3 is 24.8 Å². The normalized spacial score (nSPS) is 10.9. The Morgan fingerprint density at radius 1 is 0.816 bits per heavy atom. The maximum atomic E-state index is 9.94. The fourth-order valence-electron chi connectivity index (χ4n) is 4.44. The standard InChI is InChI=1S/C29H27BN4O4/c1-18-27-14-19(22-11-23(13-24(12-22)30(35)36)20-5-4-10-31-16-20)7-9-26(27)29(34-33-18)32-17-21-6-8-25(37-2)15-28(21)38-3/h4-16,35-36H,17H2,1-3H3,(H,32,34). The highest BCUT2D eigenvalue weighted by Gasteiger charge is 2.16. The quantitative estimate of drug-likeness (QED) is 0.271. The minimum atomic E-state index is -1.59. The molecule has 2 aromatic heterocycles. The summed E-state index contributed by atoms with van der Waals surface area (Å²) in [6.07, 6.45) is 3.46. The minimum Gasteiger partial charge on any atom is -0.497 e. The molecule has 0 radical (unpaired) electrons. The van der Waals surface area contributed by atoms with Gasteiger partial charge in [0.2, 0.25) is 0 Å². The fraction of sp³-hybridized carbons (Fsp3) is 0.138. The number of methoxy groups -OCH3 is 2. The summed E-state index contributed by atoms with van der Waals surface area (Å²) < 4.78 is 10.8. The second kappa shape index (κ2) is 10.9. The number of hydrogen-bond acceptors (Lipinski definition) is 8. The molecule has 0 atom stereocenters. The molecule has 0 bridgehead atoms. The number of ether oxygens (including phenoxy) is 2. The number of aromatic nitrogens is 3. The Morgan fingerprint density at radius 3 is 2.34 bits per heavy atom. The Balaban J connectivity index is 1.51. The highest BCUT2D eigenvalue weighted by molar-refractivity contribution is 6.58. The third kappa shape index (κ3) is 5.15. The molecule has 0 aliphatic heterocycles. The van der Waals surface area contributed by atoms with Gasteiger partial charge in [-0.1, -0.05) is 24.3 Å². The first-order valence-electron chi connectivity index (χ1n) is 12.1. The van der Waals surface area contributed by atoms with Gasteiger partial charge in [-0.25, -0.2) is 0 Å². The Labute approximate surface area is 221 Å². The van der Waals surface area contributed by atoms with E-state index in [-0.39, 0.29) is 0 Å². The molecule has 0 amide bonds. The van der Waals surface area contributed by atoms with E-state index in [0.29, 0.717) is 17.8 Å². The minimum absolute atomic E-state index is 0.404. The van der Waals surface area contributed by atoms with Crippen molar-refractivity contribution >= 4 is 29.2 Å². The monoisotopic (exact) mass is 506 g/mol. The van der Waals surface area contributed by atoms with E-state index < -0.39 is 7.12 Å². The zero-order chi connectivity index (χ0) is 26.6. The van der Waals surface area contributed by atoms with Crippen molar-refractivity contribution in [2.75, 3.05) is 19.5 Å². The van der Waals surface area contributed by atoms with Crippen LogP contribution in [0.5, 0.6) is 11.5 Å². The summed E-state index contributed by atoms with van der Waals surface area (Å²) in [7, 11) is 1.66. The van der Waals surface area contributed by atoms with Gasteiger partial charge in [0.05, 0.1) is 19.9 Å². The molecule has 190 valence electrons. The number of benzene rings is 3. The van der Waals surface area contributed by atoms with E-state index in [2.05, 4.69) is 20.5 Å². The zero-order valence-corrected chi connectivity index (χ0v) is 21.3. The summed E-state index contributed by atoms with van der Waals surface area (Å²) in [5.74, 6) is 2.10. The van der Waals surface area contributed by atoms with Gasteiger partial charge in [-0.3, -0.25) is 4.98 Å². The average Bonchev–Trinajstić information content (AvgIpc) is 2.96. The Bertz CT molecular complexity index is 1600. The van der Waals surface area contributed by atoms with Gasteiger partial charge in [0.15, 0.2) is 5.82 Å². The lowest BCUT2D eigenvalue weighted by Crippen LogP contribution is -2.29. The van der Waals surface area contributed by atoms with Gasteiger partial charge in [0.1, 0.15) is 11.5 Å². The molecule has 5 rings (SSSR count). The molecule has 2 heterocycles. The summed E-state index contributed by atoms with van der Waals surface area (Å²) >= 11 is 0. The molecule has 9 heteroatoms. The van der Waals surface area contributed by atoms with Gasteiger partial charge in [-0.2, -0.15) is 5.10 Å². The van der Waals surface area contributed by atoms with E-state index in [9.17, 15) is 10.0 Å². The van der Waals surface area contributed by atoms with E-state index in [1.807, 2.05) is 61.5 Å². The Morgan fingerprint density at radius 2 is 1.63 bits per heavy atom. The molecule has 0 spiro atoms. The molecule has 38 heavy (non-hydrogen) atoms. The second-order valence-electron chi connectivity index (χ2n) is 8.88. The highest BCUT2D eigenvalue weighted by atomic mass is 16.5. The first-order chi connectivity index (χ1) is 18.5. The van der Waals surface area contributed by atoms with Gasteiger partial charge >= 0.3 is 7.12 Å². The van der Waals surface area contributed by atoms with Crippen LogP contribution in [0.4, 0.5) is 5.82 Å². The average molecular weight is 506 g/mol. The van der Waals surface area contributed by atoms with Crippen LogP contribution in [0.15, 0.2) is 79.1 Å².